The van der Waals surface area contributed by atoms with E-state index in [4.69, 9.17) is 0 Å². The quantitative estimate of drug-likeness (QED) is 0.459. The lowest BCUT2D eigenvalue weighted by Crippen LogP contribution is -2.19. The number of benzene rings is 2. The average molecular weight is 394 g/mol. The summed E-state index contributed by atoms with van der Waals surface area (Å²) in [5.74, 6) is -10.7. The monoisotopic (exact) mass is 394 g/mol. The lowest BCUT2D eigenvalue weighted by atomic mass is 10.1. The third-order valence-corrected chi connectivity index (χ3v) is 3.24. The maximum atomic E-state index is 13.6. The van der Waals surface area contributed by atoms with Crippen molar-refractivity contribution in [1.82, 2.24) is 0 Å². The molecular weight excluding hydrogens is 385 g/mol. The lowest BCUT2D eigenvalue weighted by Gasteiger charge is -2.16. The number of alkyl halides is 3. The van der Waals surface area contributed by atoms with Crippen LogP contribution in [0.3, 0.4) is 0 Å². The zero-order chi connectivity index (χ0) is 20.5. The molecule has 0 bridgehead atoms. The number of rotatable bonds is 3. The summed E-state index contributed by atoms with van der Waals surface area (Å²) in [6.07, 6.45) is -4.99. The van der Waals surface area contributed by atoms with Gasteiger partial charge in [0.2, 0.25) is 5.91 Å². The van der Waals surface area contributed by atoms with Crippen LogP contribution in [0.4, 0.5) is 42.1 Å². The van der Waals surface area contributed by atoms with Crippen molar-refractivity contribution < 1.29 is 40.3 Å². The van der Waals surface area contributed by atoms with E-state index in [2.05, 4.69) is 5.32 Å². The highest BCUT2D eigenvalue weighted by Crippen LogP contribution is 2.37. The highest BCUT2D eigenvalue weighted by atomic mass is 19.4. The molecule has 0 atom stereocenters. The molecule has 2 aromatic carbocycles. The first kappa shape index (κ1) is 20.2. The van der Waals surface area contributed by atoms with Gasteiger partial charge in [-0.1, -0.05) is 0 Å². The predicted molar refractivity (Wildman–Crippen MR) is 80.0 cm³/mol. The summed E-state index contributed by atoms with van der Waals surface area (Å²) in [6, 6.07) is 2.27. The predicted octanol–water partition coefficient (Wildman–Crippen LogP) is 4.47. The first-order chi connectivity index (χ1) is 12.4. The van der Waals surface area contributed by atoms with Crippen LogP contribution >= 0.6 is 0 Å². The molecule has 0 aliphatic rings. The van der Waals surface area contributed by atoms with Crippen LogP contribution in [-0.4, -0.2) is 11.8 Å². The zero-order valence-corrected chi connectivity index (χ0v) is 13.3. The molecule has 0 saturated heterocycles. The van der Waals surface area contributed by atoms with E-state index < -0.39 is 58.1 Å². The van der Waals surface area contributed by atoms with Crippen LogP contribution in [0.25, 0.3) is 0 Å². The van der Waals surface area contributed by atoms with Crippen LogP contribution in [0, 0.1) is 23.3 Å². The first-order valence-electron chi connectivity index (χ1n) is 7.05. The van der Waals surface area contributed by atoms with Crippen molar-refractivity contribution in [3.63, 3.8) is 0 Å². The average Bonchev–Trinajstić information content (AvgIpc) is 2.56. The van der Waals surface area contributed by atoms with Gasteiger partial charge in [-0.25, -0.2) is 17.6 Å². The molecule has 0 aromatic heterocycles. The van der Waals surface area contributed by atoms with Crippen molar-refractivity contribution in [2.75, 3.05) is 10.6 Å². The summed E-state index contributed by atoms with van der Waals surface area (Å²) in [5.41, 5.74) is -3.85. The van der Waals surface area contributed by atoms with Crippen LogP contribution in [-0.2, 0) is 11.0 Å². The largest absolute Gasteiger partial charge is 0.418 e. The Morgan fingerprint density at radius 2 is 1.52 bits per heavy atom. The first-order valence-corrected chi connectivity index (χ1v) is 7.05. The van der Waals surface area contributed by atoms with E-state index >= 15 is 0 Å². The standard InChI is InChI=1S/C16H9F7N2O2/c1-6(26)24-7-2-3-11(9(4-7)16(21,22)23)25-15(27)8-5-10(17)13(19)14(20)12(8)18/h2-5H,1H3,(H,24,26)(H,25,27). The second-order valence-corrected chi connectivity index (χ2v) is 5.24. The Morgan fingerprint density at radius 3 is 2.07 bits per heavy atom. The number of halogens is 7. The van der Waals surface area contributed by atoms with Gasteiger partial charge < -0.3 is 10.6 Å². The van der Waals surface area contributed by atoms with Crippen LogP contribution in [0.15, 0.2) is 24.3 Å². The minimum Gasteiger partial charge on any atom is -0.326 e. The highest BCUT2D eigenvalue weighted by Gasteiger charge is 2.35. The summed E-state index contributed by atoms with van der Waals surface area (Å²) < 4.78 is 92.4. The Kier molecular flexibility index (Phi) is 5.43. The number of hydrogen-bond acceptors (Lipinski definition) is 2. The van der Waals surface area contributed by atoms with Crippen LogP contribution < -0.4 is 10.6 Å². The lowest BCUT2D eigenvalue weighted by molar-refractivity contribution is -0.137. The highest BCUT2D eigenvalue weighted by molar-refractivity contribution is 6.05. The minimum absolute atomic E-state index is 0.0159. The summed E-state index contributed by atoms with van der Waals surface area (Å²) >= 11 is 0. The number of amides is 2. The number of carbonyl (C=O) groups excluding carboxylic acids is 2. The van der Waals surface area contributed by atoms with Crippen molar-refractivity contribution in [3.8, 4) is 0 Å². The summed E-state index contributed by atoms with van der Waals surface area (Å²) in [7, 11) is 0. The Bertz CT molecular complexity index is 926. The fourth-order valence-corrected chi connectivity index (χ4v) is 2.10. The molecule has 0 heterocycles. The van der Waals surface area contributed by atoms with E-state index in [0.717, 1.165) is 19.1 Å². The Labute approximate surface area is 147 Å². The summed E-state index contributed by atoms with van der Waals surface area (Å²) in [4.78, 5) is 22.9. The Balaban J connectivity index is 2.45. The number of hydrogen-bond donors (Lipinski definition) is 2. The van der Waals surface area contributed by atoms with E-state index in [1.165, 1.54) is 0 Å². The van der Waals surface area contributed by atoms with E-state index in [1.54, 1.807) is 5.32 Å². The molecule has 0 fully saturated rings. The maximum absolute atomic E-state index is 13.6. The SMILES string of the molecule is CC(=O)Nc1ccc(NC(=O)c2cc(F)c(F)c(F)c2F)c(C(F)(F)F)c1. The van der Waals surface area contributed by atoms with Crippen LogP contribution in [0.2, 0.25) is 0 Å². The molecule has 0 radical (unpaired) electrons. The second-order valence-electron chi connectivity index (χ2n) is 5.24. The van der Waals surface area contributed by atoms with Crippen LogP contribution in [0.1, 0.15) is 22.8 Å². The molecule has 0 aliphatic heterocycles. The molecule has 0 aliphatic carbocycles. The van der Waals surface area contributed by atoms with Crippen LogP contribution in [0.5, 0.6) is 0 Å². The summed E-state index contributed by atoms with van der Waals surface area (Å²) in [5, 5.41) is 3.77. The van der Waals surface area contributed by atoms with Crippen molar-refractivity contribution in [2.24, 2.45) is 0 Å². The van der Waals surface area contributed by atoms with Gasteiger partial charge in [0.15, 0.2) is 23.3 Å². The van der Waals surface area contributed by atoms with E-state index in [-0.39, 0.29) is 11.8 Å². The van der Waals surface area contributed by atoms with Gasteiger partial charge >= 0.3 is 6.18 Å². The molecule has 27 heavy (non-hydrogen) atoms. The van der Waals surface area contributed by atoms with Gasteiger partial charge in [0.05, 0.1) is 16.8 Å². The zero-order valence-electron chi connectivity index (χ0n) is 13.3. The molecule has 0 spiro atoms. The molecule has 2 amide bonds. The normalized spacial score (nSPS) is 11.3. The molecule has 2 aromatic rings. The molecule has 144 valence electrons. The molecule has 0 saturated carbocycles. The summed E-state index contributed by atoms with van der Waals surface area (Å²) in [6.45, 7) is 1.06. The van der Waals surface area contributed by atoms with Gasteiger partial charge in [0, 0.05) is 12.6 Å². The van der Waals surface area contributed by atoms with Crippen molar-refractivity contribution in [1.29, 1.82) is 0 Å². The van der Waals surface area contributed by atoms with Gasteiger partial charge in [-0.05, 0) is 24.3 Å². The fraction of sp³-hybridized carbons (Fsp3) is 0.125. The molecule has 11 heteroatoms. The molecule has 2 N–H and O–H groups in total. The van der Waals surface area contributed by atoms with E-state index in [0.29, 0.717) is 6.07 Å². The fourth-order valence-electron chi connectivity index (χ4n) is 2.10. The van der Waals surface area contributed by atoms with E-state index in [1.807, 2.05) is 0 Å². The third-order valence-electron chi connectivity index (χ3n) is 3.24. The smallest absolute Gasteiger partial charge is 0.326 e. The second kappa shape index (κ2) is 7.25. The number of nitrogens with one attached hydrogen (secondary N) is 2. The van der Waals surface area contributed by atoms with Gasteiger partial charge in [-0.2, -0.15) is 13.2 Å². The number of carbonyl (C=O) groups is 2. The Hall–Kier alpha value is -3.11. The molecule has 2 rings (SSSR count). The van der Waals surface area contributed by atoms with Crippen molar-refractivity contribution in [2.45, 2.75) is 13.1 Å². The maximum Gasteiger partial charge on any atom is 0.418 e. The number of anilines is 2. The molecule has 0 unspecified atom stereocenters. The van der Waals surface area contributed by atoms with Gasteiger partial charge in [-0.15, -0.1) is 0 Å². The molecular formula is C16H9F7N2O2. The van der Waals surface area contributed by atoms with Crippen molar-refractivity contribution in [3.05, 3.63) is 58.7 Å². The Morgan fingerprint density at radius 1 is 0.889 bits per heavy atom. The van der Waals surface area contributed by atoms with Gasteiger partial charge in [0.1, 0.15) is 0 Å². The minimum atomic E-state index is -4.99. The van der Waals surface area contributed by atoms with Gasteiger partial charge in [-0.3, -0.25) is 9.59 Å². The molecule has 4 nitrogen and oxygen atoms in total. The van der Waals surface area contributed by atoms with Gasteiger partial charge in [0.25, 0.3) is 5.91 Å². The van der Waals surface area contributed by atoms with Crippen molar-refractivity contribution >= 4 is 23.2 Å². The third kappa shape index (κ3) is 4.36. The van der Waals surface area contributed by atoms with E-state index in [9.17, 15) is 40.3 Å². The topological polar surface area (TPSA) is 58.2 Å².